The van der Waals surface area contributed by atoms with Crippen LogP contribution in [-0.2, 0) is 17.8 Å². The van der Waals surface area contributed by atoms with Crippen LogP contribution in [0.3, 0.4) is 0 Å². The number of pyridine rings is 1. The maximum absolute atomic E-state index is 12.7. The second-order valence-electron chi connectivity index (χ2n) is 7.88. The molecule has 1 fully saturated rings. The standard InChI is InChI=1S/C24H27N5O2/c30-23-14-22(16-27-29(23)17-20-6-2-1-3-7-20)28-13-5-9-21(18-28)24(31)26-12-10-19-8-4-11-25-15-19/h1-4,6-8,11,14-16,21H,5,9-10,12-13,17-18H2,(H,26,31)/t21-/m0/s1. The van der Waals surface area contributed by atoms with Crippen molar-refractivity contribution >= 4 is 11.6 Å². The quantitative estimate of drug-likeness (QED) is 0.638. The molecule has 160 valence electrons. The average Bonchev–Trinajstić information content (AvgIpc) is 2.82. The highest BCUT2D eigenvalue weighted by atomic mass is 16.2. The lowest BCUT2D eigenvalue weighted by Gasteiger charge is -2.33. The third-order valence-corrected chi connectivity index (χ3v) is 5.62. The van der Waals surface area contributed by atoms with E-state index in [0.29, 0.717) is 19.6 Å². The maximum atomic E-state index is 12.7. The SMILES string of the molecule is O=C(NCCc1cccnc1)[C@H]1CCCN(c2cnn(Cc3ccccc3)c(=O)c2)C1. The molecular weight excluding hydrogens is 390 g/mol. The highest BCUT2D eigenvalue weighted by Gasteiger charge is 2.26. The van der Waals surface area contributed by atoms with E-state index in [9.17, 15) is 9.59 Å². The number of rotatable bonds is 7. The lowest BCUT2D eigenvalue weighted by Crippen LogP contribution is -2.44. The van der Waals surface area contributed by atoms with E-state index in [1.807, 2.05) is 48.7 Å². The summed E-state index contributed by atoms with van der Waals surface area (Å²) in [6.45, 7) is 2.46. The number of piperidine rings is 1. The lowest BCUT2D eigenvalue weighted by atomic mass is 9.96. The van der Waals surface area contributed by atoms with Gasteiger partial charge in [-0.05, 0) is 36.5 Å². The minimum atomic E-state index is -0.135. The van der Waals surface area contributed by atoms with Gasteiger partial charge in [-0.15, -0.1) is 0 Å². The summed E-state index contributed by atoms with van der Waals surface area (Å²) in [5.74, 6) is -0.0200. The molecule has 1 amide bonds. The first-order valence-corrected chi connectivity index (χ1v) is 10.7. The summed E-state index contributed by atoms with van der Waals surface area (Å²) in [6.07, 6.45) is 7.82. The highest BCUT2D eigenvalue weighted by molar-refractivity contribution is 5.79. The molecule has 1 aliphatic heterocycles. The van der Waals surface area contributed by atoms with E-state index in [1.165, 1.54) is 4.68 Å². The summed E-state index contributed by atoms with van der Waals surface area (Å²) in [5.41, 5.74) is 2.78. The monoisotopic (exact) mass is 417 g/mol. The van der Waals surface area contributed by atoms with Gasteiger partial charge in [-0.1, -0.05) is 36.4 Å². The summed E-state index contributed by atoms with van der Waals surface area (Å²) in [5, 5.41) is 7.40. The minimum Gasteiger partial charge on any atom is -0.369 e. The Morgan fingerprint density at radius 1 is 1.10 bits per heavy atom. The Kier molecular flexibility index (Phi) is 6.72. The number of hydrogen-bond donors (Lipinski definition) is 1. The molecule has 1 atom stereocenters. The Morgan fingerprint density at radius 2 is 1.94 bits per heavy atom. The van der Waals surface area contributed by atoms with E-state index >= 15 is 0 Å². The largest absolute Gasteiger partial charge is 0.369 e. The number of amides is 1. The highest BCUT2D eigenvalue weighted by Crippen LogP contribution is 2.22. The van der Waals surface area contributed by atoms with Gasteiger partial charge in [0.15, 0.2) is 0 Å². The van der Waals surface area contributed by atoms with Crippen LogP contribution in [0, 0.1) is 5.92 Å². The second-order valence-corrected chi connectivity index (χ2v) is 7.88. The molecule has 7 nitrogen and oxygen atoms in total. The topological polar surface area (TPSA) is 80.1 Å². The zero-order valence-electron chi connectivity index (χ0n) is 17.5. The summed E-state index contributed by atoms with van der Waals surface area (Å²) in [4.78, 5) is 31.4. The first kappa shape index (κ1) is 20.8. The van der Waals surface area contributed by atoms with Crippen LogP contribution in [0.4, 0.5) is 5.69 Å². The normalized spacial score (nSPS) is 16.1. The molecule has 0 spiro atoms. The summed E-state index contributed by atoms with van der Waals surface area (Å²) in [7, 11) is 0. The summed E-state index contributed by atoms with van der Waals surface area (Å²) in [6, 6.07) is 15.3. The van der Waals surface area contributed by atoms with Gasteiger partial charge in [0, 0.05) is 38.1 Å². The van der Waals surface area contributed by atoms with Gasteiger partial charge in [-0.2, -0.15) is 5.10 Å². The van der Waals surface area contributed by atoms with Crippen molar-refractivity contribution in [2.24, 2.45) is 5.92 Å². The van der Waals surface area contributed by atoms with Crippen LogP contribution in [0.1, 0.15) is 24.0 Å². The van der Waals surface area contributed by atoms with Crippen LogP contribution in [0.25, 0.3) is 0 Å². The molecule has 4 rings (SSSR count). The second kappa shape index (κ2) is 10.0. The van der Waals surface area contributed by atoms with Crippen LogP contribution in [0.15, 0.2) is 71.9 Å². The predicted molar refractivity (Wildman–Crippen MR) is 120 cm³/mol. The Bertz CT molecular complexity index is 1050. The summed E-state index contributed by atoms with van der Waals surface area (Å²) < 4.78 is 1.46. The van der Waals surface area contributed by atoms with Gasteiger partial charge in [0.25, 0.3) is 5.56 Å². The molecule has 0 radical (unpaired) electrons. The molecule has 1 aliphatic rings. The first-order valence-electron chi connectivity index (χ1n) is 10.7. The molecule has 1 aromatic carbocycles. The van der Waals surface area contributed by atoms with E-state index < -0.39 is 0 Å². The van der Waals surface area contributed by atoms with Crippen molar-refractivity contribution in [1.29, 1.82) is 0 Å². The van der Waals surface area contributed by atoms with Crippen molar-refractivity contribution in [3.05, 3.63) is 88.6 Å². The van der Waals surface area contributed by atoms with Crippen molar-refractivity contribution in [2.45, 2.75) is 25.8 Å². The predicted octanol–water partition coefficient (Wildman–Crippen LogP) is 2.26. The molecule has 0 aliphatic carbocycles. The van der Waals surface area contributed by atoms with E-state index in [2.05, 4.69) is 20.3 Å². The minimum absolute atomic E-state index is 0.0685. The van der Waals surface area contributed by atoms with E-state index in [4.69, 9.17) is 0 Å². The van der Waals surface area contributed by atoms with Gasteiger partial charge < -0.3 is 10.2 Å². The molecule has 1 saturated heterocycles. The van der Waals surface area contributed by atoms with Crippen LogP contribution < -0.4 is 15.8 Å². The number of anilines is 1. The van der Waals surface area contributed by atoms with Crippen molar-refractivity contribution in [3.63, 3.8) is 0 Å². The van der Waals surface area contributed by atoms with Crippen molar-refractivity contribution in [1.82, 2.24) is 20.1 Å². The number of nitrogens with zero attached hydrogens (tertiary/aromatic N) is 4. The van der Waals surface area contributed by atoms with Gasteiger partial charge in [0.1, 0.15) is 0 Å². The molecule has 0 saturated carbocycles. The molecule has 0 unspecified atom stereocenters. The number of aromatic nitrogens is 3. The van der Waals surface area contributed by atoms with Crippen LogP contribution >= 0.6 is 0 Å². The van der Waals surface area contributed by atoms with Crippen LogP contribution in [0.5, 0.6) is 0 Å². The van der Waals surface area contributed by atoms with E-state index in [0.717, 1.165) is 42.6 Å². The Labute approximate surface area is 181 Å². The van der Waals surface area contributed by atoms with E-state index in [1.54, 1.807) is 18.5 Å². The van der Waals surface area contributed by atoms with Crippen LogP contribution in [0.2, 0.25) is 0 Å². The van der Waals surface area contributed by atoms with Crippen molar-refractivity contribution in [3.8, 4) is 0 Å². The maximum Gasteiger partial charge on any atom is 0.269 e. The van der Waals surface area contributed by atoms with Crippen molar-refractivity contribution < 1.29 is 4.79 Å². The molecule has 2 aromatic heterocycles. The fraction of sp³-hybridized carbons (Fsp3) is 0.333. The fourth-order valence-electron chi connectivity index (χ4n) is 3.92. The third kappa shape index (κ3) is 5.57. The Morgan fingerprint density at radius 3 is 2.71 bits per heavy atom. The number of carbonyl (C=O) groups is 1. The number of hydrogen-bond acceptors (Lipinski definition) is 5. The van der Waals surface area contributed by atoms with Gasteiger partial charge in [-0.25, -0.2) is 4.68 Å². The smallest absolute Gasteiger partial charge is 0.269 e. The molecule has 7 heteroatoms. The van der Waals surface area contributed by atoms with Crippen molar-refractivity contribution in [2.75, 3.05) is 24.5 Å². The molecular formula is C24H27N5O2. The number of carbonyl (C=O) groups excluding carboxylic acids is 1. The van der Waals surface area contributed by atoms with Gasteiger partial charge in [0.05, 0.1) is 24.3 Å². The van der Waals surface area contributed by atoms with Gasteiger partial charge in [0.2, 0.25) is 5.91 Å². The molecule has 3 heterocycles. The average molecular weight is 418 g/mol. The van der Waals surface area contributed by atoms with Gasteiger partial charge >= 0.3 is 0 Å². The number of nitrogens with one attached hydrogen (secondary N) is 1. The third-order valence-electron chi connectivity index (χ3n) is 5.62. The molecule has 0 bridgehead atoms. The lowest BCUT2D eigenvalue weighted by molar-refractivity contribution is -0.125. The molecule has 1 N–H and O–H groups in total. The fourth-order valence-corrected chi connectivity index (χ4v) is 3.92. The zero-order chi connectivity index (χ0) is 21.5. The van der Waals surface area contributed by atoms with Gasteiger partial charge in [-0.3, -0.25) is 14.6 Å². The van der Waals surface area contributed by atoms with Crippen LogP contribution in [-0.4, -0.2) is 40.3 Å². The van der Waals surface area contributed by atoms with E-state index in [-0.39, 0.29) is 17.4 Å². The first-order chi connectivity index (χ1) is 15.2. The summed E-state index contributed by atoms with van der Waals surface area (Å²) >= 11 is 0. The Balaban J connectivity index is 1.34. The zero-order valence-corrected chi connectivity index (χ0v) is 17.5. The molecule has 31 heavy (non-hydrogen) atoms. The Hall–Kier alpha value is -3.48. The number of benzene rings is 1. The molecule has 3 aromatic rings.